The molecule has 0 amide bonds. The van der Waals surface area contributed by atoms with Gasteiger partial charge in [-0.05, 0) is 62.6 Å². The predicted octanol–water partition coefficient (Wildman–Crippen LogP) is 4.93. The third-order valence-corrected chi connectivity index (χ3v) is 5.43. The number of rotatable bonds is 8. The molecule has 13 nitrogen and oxygen atoms in total. The zero-order valence-corrected chi connectivity index (χ0v) is 19.6. The number of nitro groups is 2. The Morgan fingerprint density at radius 2 is 1.34 bits per heavy atom. The lowest BCUT2D eigenvalue weighted by molar-refractivity contribution is -0.383. The molecule has 0 saturated carbocycles. The highest BCUT2D eigenvalue weighted by molar-refractivity contribution is 5.87. The van der Waals surface area contributed by atoms with Gasteiger partial charge in [0, 0.05) is 24.5 Å². The zero-order chi connectivity index (χ0) is 25.7. The minimum atomic E-state index is -0.515. The highest BCUT2D eigenvalue weighted by Gasteiger charge is 2.21. The monoisotopic (exact) mass is 484 g/mol. The molecule has 184 valence electrons. The van der Waals surface area contributed by atoms with E-state index >= 15 is 0 Å². The number of nitro benzene ring substituents is 2. The van der Waals surface area contributed by atoms with E-state index in [1.54, 1.807) is 12.1 Å². The SMILES string of the molecule is CC(C)C(=O)CCCc1ccc([N+](=O)[O-])c2nonc12.CC(C)c1ccc([N+](=O)[O-])c2nonc12. The molecule has 0 saturated heterocycles. The van der Waals surface area contributed by atoms with Crippen LogP contribution in [0.1, 0.15) is 57.6 Å². The van der Waals surface area contributed by atoms with Gasteiger partial charge in [0.25, 0.3) is 0 Å². The molecular weight excluding hydrogens is 460 g/mol. The smallest absolute Gasteiger partial charge is 0.299 e. The lowest BCUT2D eigenvalue weighted by Gasteiger charge is -2.04. The molecule has 4 rings (SSSR count). The molecule has 2 aromatic heterocycles. The van der Waals surface area contributed by atoms with Crippen molar-refractivity contribution in [3.8, 4) is 0 Å². The standard InChI is InChI=1S/C13H15N3O4.C9H9N3O3/c1-8(2)11(17)5-3-4-9-6-7-10(16(18)19)13-12(9)14-20-15-13;1-5(2)6-3-4-7(12(13)14)9-8(6)10-15-11-9/h6-8H,3-5H2,1-2H3;3-5H,1-2H3. The fourth-order valence-corrected chi connectivity index (χ4v) is 3.48. The predicted molar refractivity (Wildman–Crippen MR) is 124 cm³/mol. The van der Waals surface area contributed by atoms with Crippen molar-refractivity contribution in [1.29, 1.82) is 0 Å². The van der Waals surface area contributed by atoms with Crippen molar-refractivity contribution in [1.82, 2.24) is 20.6 Å². The molecule has 0 fully saturated rings. The second-order valence-electron chi connectivity index (χ2n) is 8.48. The van der Waals surface area contributed by atoms with Crippen LogP contribution < -0.4 is 0 Å². The van der Waals surface area contributed by atoms with E-state index in [0.29, 0.717) is 30.3 Å². The third-order valence-electron chi connectivity index (χ3n) is 5.43. The Balaban J connectivity index is 0.000000203. The first-order chi connectivity index (χ1) is 16.6. The first-order valence-corrected chi connectivity index (χ1v) is 10.9. The van der Waals surface area contributed by atoms with Gasteiger partial charge >= 0.3 is 11.4 Å². The largest absolute Gasteiger partial charge is 0.300 e. The second kappa shape index (κ2) is 10.8. The number of non-ortho nitro benzene ring substituents is 2. The lowest BCUT2D eigenvalue weighted by Crippen LogP contribution is -2.06. The van der Waals surface area contributed by atoms with Gasteiger partial charge in [0.15, 0.2) is 0 Å². The van der Waals surface area contributed by atoms with Crippen LogP contribution in [0.3, 0.4) is 0 Å². The summed E-state index contributed by atoms with van der Waals surface area (Å²) in [4.78, 5) is 32.1. The molecule has 35 heavy (non-hydrogen) atoms. The van der Waals surface area contributed by atoms with Crippen LogP contribution in [0.4, 0.5) is 11.4 Å². The molecule has 0 aliphatic rings. The Morgan fingerprint density at radius 3 is 1.89 bits per heavy atom. The van der Waals surface area contributed by atoms with Gasteiger partial charge in [-0.15, -0.1) is 0 Å². The Bertz CT molecular complexity index is 1380. The van der Waals surface area contributed by atoms with Crippen LogP contribution in [0.5, 0.6) is 0 Å². The van der Waals surface area contributed by atoms with Crippen LogP contribution in [-0.4, -0.2) is 36.3 Å². The second-order valence-corrected chi connectivity index (χ2v) is 8.48. The van der Waals surface area contributed by atoms with Gasteiger partial charge < -0.3 is 0 Å². The van der Waals surface area contributed by atoms with Crippen molar-refractivity contribution in [2.24, 2.45) is 5.92 Å². The van der Waals surface area contributed by atoms with Gasteiger partial charge in [-0.2, -0.15) is 0 Å². The average Bonchev–Trinajstić information content (AvgIpc) is 3.48. The Kier molecular flexibility index (Phi) is 7.79. The average molecular weight is 484 g/mol. The number of hydrogen-bond donors (Lipinski definition) is 0. The van der Waals surface area contributed by atoms with E-state index in [9.17, 15) is 25.0 Å². The quantitative estimate of drug-likeness (QED) is 0.244. The Hall–Kier alpha value is -4.29. The fraction of sp³-hybridized carbons (Fsp3) is 0.409. The van der Waals surface area contributed by atoms with Crippen molar-refractivity contribution in [2.45, 2.75) is 52.9 Å². The molecule has 13 heteroatoms. The van der Waals surface area contributed by atoms with E-state index in [2.05, 4.69) is 29.9 Å². The molecule has 2 aromatic carbocycles. The number of carbonyl (C=O) groups excluding carboxylic acids is 1. The molecule has 4 aromatic rings. The van der Waals surface area contributed by atoms with Crippen molar-refractivity contribution in [2.75, 3.05) is 0 Å². The number of ketones is 1. The number of fused-ring (bicyclic) bond motifs is 2. The van der Waals surface area contributed by atoms with Gasteiger partial charge in [0.05, 0.1) is 9.85 Å². The molecule has 0 bridgehead atoms. The van der Waals surface area contributed by atoms with Gasteiger partial charge in [0.2, 0.25) is 11.0 Å². The van der Waals surface area contributed by atoms with E-state index in [4.69, 9.17) is 0 Å². The molecule has 0 N–H and O–H groups in total. The van der Waals surface area contributed by atoms with Crippen molar-refractivity contribution < 1.29 is 23.9 Å². The van der Waals surface area contributed by atoms with Crippen LogP contribution in [-0.2, 0) is 11.2 Å². The molecule has 0 aliphatic heterocycles. The summed E-state index contributed by atoms with van der Waals surface area (Å²) in [6, 6.07) is 6.16. The van der Waals surface area contributed by atoms with Crippen molar-refractivity contribution in [3.63, 3.8) is 0 Å². The molecule has 0 unspecified atom stereocenters. The van der Waals surface area contributed by atoms with E-state index in [0.717, 1.165) is 11.1 Å². The number of aromatic nitrogens is 4. The summed E-state index contributed by atoms with van der Waals surface area (Å²) >= 11 is 0. The maximum atomic E-state index is 11.6. The molecule has 0 aliphatic carbocycles. The molecule has 0 atom stereocenters. The van der Waals surface area contributed by atoms with Crippen LogP contribution in [0, 0.1) is 26.1 Å². The number of aryl methyl sites for hydroxylation is 1. The number of nitrogens with zero attached hydrogens (tertiary/aromatic N) is 6. The first kappa shape index (κ1) is 25.3. The summed E-state index contributed by atoms with van der Waals surface area (Å²) < 4.78 is 9.13. The summed E-state index contributed by atoms with van der Waals surface area (Å²) in [7, 11) is 0. The van der Waals surface area contributed by atoms with E-state index in [-0.39, 0.29) is 40.0 Å². The van der Waals surface area contributed by atoms with E-state index in [1.807, 2.05) is 27.7 Å². The van der Waals surface area contributed by atoms with E-state index < -0.39 is 9.85 Å². The first-order valence-electron chi connectivity index (χ1n) is 10.9. The number of carbonyl (C=O) groups is 1. The maximum Gasteiger partial charge on any atom is 0.300 e. The topological polar surface area (TPSA) is 181 Å². The van der Waals surface area contributed by atoms with Crippen molar-refractivity contribution in [3.05, 3.63) is 55.6 Å². The highest BCUT2D eigenvalue weighted by Crippen LogP contribution is 2.29. The summed E-state index contributed by atoms with van der Waals surface area (Å²) in [5.74, 6) is 0.460. The summed E-state index contributed by atoms with van der Waals surface area (Å²) in [6.45, 7) is 7.70. The number of benzene rings is 2. The lowest BCUT2D eigenvalue weighted by atomic mass is 10.00. The number of hydrogen-bond acceptors (Lipinski definition) is 11. The van der Waals surface area contributed by atoms with E-state index in [1.165, 1.54) is 12.1 Å². The van der Waals surface area contributed by atoms with Gasteiger partial charge in [-0.3, -0.25) is 25.0 Å². The third kappa shape index (κ3) is 5.62. The van der Waals surface area contributed by atoms with Crippen LogP contribution in [0.15, 0.2) is 33.5 Å². The van der Waals surface area contributed by atoms with Crippen LogP contribution in [0.25, 0.3) is 22.1 Å². The number of Topliss-reactive ketones (excluding diaryl/α,β-unsaturated/α-hetero) is 1. The summed E-state index contributed by atoms with van der Waals surface area (Å²) in [5.41, 5.74) is 2.75. The molecule has 0 spiro atoms. The molecule has 0 radical (unpaired) electrons. The zero-order valence-electron chi connectivity index (χ0n) is 19.6. The molecule has 2 heterocycles. The summed E-state index contributed by atoms with van der Waals surface area (Å²) in [5, 5.41) is 36.1. The summed E-state index contributed by atoms with van der Waals surface area (Å²) in [6.07, 6.45) is 1.78. The fourth-order valence-electron chi connectivity index (χ4n) is 3.48. The Morgan fingerprint density at radius 1 is 0.829 bits per heavy atom. The minimum Gasteiger partial charge on any atom is -0.299 e. The normalized spacial score (nSPS) is 11.1. The molecular formula is C22H24N6O7. The highest BCUT2D eigenvalue weighted by atomic mass is 16.6. The van der Waals surface area contributed by atoms with Gasteiger partial charge in [-0.25, -0.2) is 9.26 Å². The van der Waals surface area contributed by atoms with Crippen LogP contribution in [0.2, 0.25) is 0 Å². The van der Waals surface area contributed by atoms with Crippen molar-refractivity contribution >= 4 is 39.2 Å². The van der Waals surface area contributed by atoms with Crippen LogP contribution >= 0.6 is 0 Å². The maximum absolute atomic E-state index is 11.6. The Labute approximate surface area is 198 Å². The van der Waals surface area contributed by atoms with Gasteiger partial charge in [-0.1, -0.05) is 27.7 Å². The minimum absolute atomic E-state index is 0.0283. The van der Waals surface area contributed by atoms with Gasteiger partial charge in [0.1, 0.15) is 16.8 Å².